The van der Waals surface area contributed by atoms with Gasteiger partial charge in [-0.15, -0.1) is 24.0 Å². The maximum Gasteiger partial charge on any atom is 0.226 e. The summed E-state index contributed by atoms with van der Waals surface area (Å²) in [4.78, 5) is 12.8. The van der Waals surface area contributed by atoms with Crippen LogP contribution >= 0.6 is 24.0 Å². The van der Waals surface area contributed by atoms with Crippen molar-refractivity contribution in [3.8, 4) is 11.5 Å². The monoisotopic (exact) mass is 453 g/mol. The minimum Gasteiger partial charge on any atom is -0.444 e. The van der Waals surface area contributed by atoms with E-state index in [4.69, 9.17) is 4.42 Å². The molecule has 1 aromatic carbocycles. The van der Waals surface area contributed by atoms with Crippen LogP contribution in [0.5, 0.6) is 0 Å². The Morgan fingerprint density at radius 2 is 1.96 bits per heavy atom. The van der Waals surface area contributed by atoms with Gasteiger partial charge in [0.25, 0.3) is 0 Å². The van der Waals surface area contributed by atoms with Gasteiger partial charge in [-0.05, 0) is 12.1 Å². The standard InChI is InChI=1S/C16H19N7O.HI/c1-17-16(19-9-14-20-11-21-23(14)2)18-8-13-10-24-15(22-13)12-6-4-3-5-7-12;/h3-7,10-11H,8-9H2,1-2H3,(H2,17,18,19);1H. The van der Waals surface area contributed by atoms with E-state index in [0.717, 1.165) is 17.1 Å². The summed E-state index contributed by atoms with van der Waals surface area (Å²) >= 11 is 0. The zero-order chi connectivity index (χ0) is 16.8. The number of rotatable bonds is 5. The van der Waals surface area contributed by atoms with Crippen molar-refractivity contribution in [2.24, 2.45) is 12.0 Å². The summed E-state index contributed by atoms with van der Waals surface area (Å²) in [6, 6.07) is 9.79. The number of hydrogen-bond donors (Lipinski definition) is 2. The van der Waals surface area contributed by atoms with Crippen LogP contribution < -0.4 is 10.6 Å². The Labute approximate surface area is 162 Å². The van der Waals surface area contributed by atoms with Crippen molar-refractivity contribution in [2.75, 3.05) is 7.05 Å². The van der Waals surface area contributed by atoms with E-state index in [9.17, 15) is 0 Å². The van der Waals surface area contributed by atoms with Crippen molar-refractivity contribution in [2.45, 2.75) is 13.1 Å². The smallest absolute Gasteiger partial charge is 0.226 e. The fraction of sp³-hybridized carbons (Fsp3) is 0.250. The highest BCUT2D eigenvalue weighted by molar-refractivity contribution is 14.0. The number of aromatic nitrogens is 4. The summed E-state index contributed by atoms with van der Waals surface area (Å²) < 4.78 is 7.23. The highest BCUT2D eigenvalue weighted by Gasteiger charge is 2.07. The molecule has 0 bridgehead atoms. The third-order valence-corrected chi connectivity index (χ3v) is 3.45. The topological polar surface area (TPSA) is 93.2 Å². The van der Waals surface area contributed by atoms with E-state index >= 15 is 0 Å². The van der Waals surface area contributed by atoms with Gasteiger partial charge in [-0.1, -0.05) is 18.2 Å². The van der Waals surface area contributed by atoms with Gasteiger partial charge in [-0.2, -0.15) is 5.10 Å². The van der Waals surface area contributed by atoms with Crippen LogP contribution in [0.1, 0.15) is 11.5 Å². The summed E-state index contributed by atoms with van der Waals surface area (Å²) in [5.41, 5.74) is 1.75. The summed E-state index contributed by atoms with van der Waals surface area (Å²) in [6.07, 6.45) is 3.17. The first kappa shape index (κ1) is 18.9. The lowest BCUT2D eigenvalue weighted by atomic mass is 10.2. The molecule has 0 radical (unpaired) electrons. The number of guanidine groups is 1. The molecule has 3 rings (SSSR count). The van der Waals surface area contributed by atoms with Gasteiger partial charge < -0.3 is 15.1 Å². The Morgan fingerprint density at radius 1 is 1.20 bits per heavy atom. The predicted octanol–water partition coefficient (Wildman–Crippen LogP) is 1.95. The van der Waals surface area contributed by atoms with Crippen molar-refractivity contribution < 1.29 is 4.42 Å². The maximum atomic E-state index is 5.52. The van der Waals surface area contributed by atoms with Gasteiger partial charge in [0.15, 0.2) is 5.96 Å². The van der Waals surface area contributed by atoms with Gasteiger partial charge in [0.2, 0.25) is 5.89 Å². The third kappa shape index (κ3) is 5.02. The summed E-state index contributed by atoms with van der Waals surface area (Å²) in [5, 5.41) is 10.4. The van der Waals surface area contributed by atoms with E-state index in [-0.39, 0.29) is 24.0 Å². The van der Waals surface area contributed by atoms with Crippen molar-refractivity contribution >= 4 is 29.9 Å². The van der Waals surface area contributed by atoms with E-state index < -0.39 is 0 Å². The molecule has 0 amide bonds. The first-order chi connectivity index (χ1) is 11.8. The molecule has 0 aliphatic rings. The molecule has 132 valence electrons. The molecule has 0 fully saturated rings. The summed E-state index contributed by atoms with van der Waals surface area (Å²) in [7, 11) is 3.56. The first-order valence-electron chi connectivity index (χ1n) is 7.53. The summed E-state index contributed by atoms with van der Waals surface area (Å²) in [6.45, 7) is 1.04. The second kappa shape index (κ2) is 9.16. The van der Waals surface area contributed by atoms with E-state index in [1.807, 2.05) is 37.4 Å². The molecule has 2 N–H and O–H groups in total. The van der Waals surface area contributed by atoms with Gasteiger partial charge in [0.1, 0.15) is 18.4 Å². The molecule has 0 saturated carbocycles. The molecule has 9 heteroatoms. The van der Waals surface area contributed by atoms with Crippen LogP contribution in [0, 0.1) is 0 Å². The zero-order valence-electron chi connectivity index (χ0n) is 14.0. The number of aryl methyl sites for hydroxylation is 1. The molecular weight excluding hydrogens is 433 g/mol. The van der Waals surface area contributed by atoms with Gasteiger partial charge in [0.05, 0.1) is 18.8 Å². The molecule has 8 nitrogen and oxygen atoms in total. The number of nitrogens with zero attached hydrogens (tertiary/aromatic N) is 5. The van der Waals surface area contributed by atoms with Crippen LogP contribution in [0.2, 0.25) is 0 Å². The number of aliphatic imine (C=N–C) groups is 1. The second-order valence-electron chi connectivity index (χ2n) is 5.09. The molecule has 3 aromatic rings. The largest absolute Gasteiger partial charge is 0.444 e. The Hall–Kier alpha value is -2.43. The molecule has 2 heterocycles. The lowest BCUT2D eigenvalue weighted by molar-refractivity contribution is 0.572. The predicted molar refractivity (Wildman–Crippen MR) is 105 cm³/mol. The molecule has 25 heavy (non-hydrogen) atoms. The van der Waals surface area contributed by atoms with E-state index in [2.05, 4.69) is 30.7 Å². The summed E-state index contributed by atoms with van der Waals surface area (Å²) in [5.74, 6) is 2.09. The average Bonchev–Trinajstić information content (AvgIpc) is 3.25. The Bertz CT molecular complexity index is 813. The van der Waals surface area contributed by atoms with Gasteiger partial charge in [-0.3, -0.25) is 9.67 Å². The fourth-order valence-corrected chi connectivity index (χ4v) is 2.14. The van der Waals surface area contributed by atoms with E-state index in [1.54, 1.807) is 18.0 Å². The van der Waals surface area contributed by atoms with Crippen LogP contribution in [-0.4, -0.2) is 32.8 Å². The molecule has 0 spiro atoms. The van der Waals surface area contributed by atoms with Crippen LogP contribution in [0.25, 0.3) is 11.5 Å². The molecule has 0 saturated heterocycles. The van der Waals surface area contributed by atoms with Crippen LogP contribution in [0.3, 0.4) is 0 Å². The molecular formula is C16H20IN7O. The highest BCUT2D eigenvalue weighted by atomic mass is 127. The molecule has 0 aliphatic heterocycles. The van der Waals surface area contributed by atoms with Crippen LogP contribution in [0.15, 0.2) is 52.3 Å². The van der Waals surface area contributed by atoms with Gasteiger partial charge >= 0.3 is 0 Å². The molecule has 0 aliphatic carbocycles. The minimum absolute atomic E-state index is 0. The third-order valence-electron chi connectivity index (χ3n) is 3.45. The van der Waals surface area contributed by atoms with Crippen molar-refractivity contribution in [1.29, 1.82) is 0 Å². The van der Waals surface area contributed by atoms with Crippen LogP contribution in [-0.2, 0) is 20.1 Å². The van der Waals surface area contributed by atoms with Gasteiger partial charge in [0, 0.05) is 19.7 Å². The zero-order valence-corrected chi connectivity index (χ0v) is 16.3. The average molecular weight is 453 g/mol. The maximum absolute atomic E-state index is 5.52. The number of halogens is 1. The van der Waals surface area contributed by atoms with Crippen molar-refractivity contribution in [3.05, 3.63) is 54.4 Å². The number of oxazole rings is 1. The Balaban J connectivity index is 0.00000225. The first-order valence-corrected chi connectivity index (χ1v) is 7.53. The normalized spacial score (nSPS) is 11.0. The lowest BCUT2D eigenvalue weighted by Gasteiger charge is -2.10. The van der Waals surface area contributed by atoms with Gasteiger partial charge in [-0.25, -0.2) is 9.97 Å². The Morgan fingerprint density at radius 3 is 2.64 bits per heavy atom. The van der Waals surface area contributed by atoms with E-state index in [1.165, 1.54) is 6.33 Å². The number of nitrogens with one attached hydrogen (secondary N) is 2. The van der Waals surface area contributed by atoms with Crippen molar-refractivity contribution in [3.63, 3.8) is 0 Å². The minimum atomic E-state index is 0. The SMILES string of the molecule is CN=C(NCc1coc(-c2ccccc2)n1)NCc1ncnn1C.I. The van der Waals surface area contributed by atoms with Crippen molar-refractivity contribution in [1.82, 2.24) is 30.4 Å². The molecule has 0 atom stereocenters. The number of benzene rings is 1. The molecule has 2 aromatic heterocycles. The second-order valence-corrected chi connectivity index (χ2v) is 5.09. The quantitative estimate of drug-likeness (QED) is 0.349. The number of hydrogen-bond acceptors (Lipinski definition) is 5. The van der Waals surface area contributed by atoms with E-state index in [0.29, 0.717) is 24.9 Å². The highest BCUT2D eigenvalue weighted by Crippen LogP contribution is 2.17. The van der Waals surface area contributed by atoms with Crippen LogP contribution in [0.4, 0.5) is 0 Å². The molecule has 0 unspecified atom stereocenters. The lowest BCUT2D eigenvalue weighted by Crippen LogP contribution is -2.37. The fourth-order valence-electron chi connectivity index (χ4n) is 2.14. The Kier molecular flexibility index (Phi) is 6.92.